The molecule has 22 atom stereocenters. The van der Waals surface area contributed by atoms with Crippen LogP contribution in [0.15, 0.2) is 23.8 Å². The molecule has 4 aliphatic heterocycles. The van der Waals surface area contributed by atoms with Crippen molar-refractivity contribution in [1.29, 1.82) is 0 Å². The Morgan fingerprint density at radius 2 is 1.52 bits per heavy atom. The topological polar surface area (TPSA) is 245 Å². The van der Waals surface area contributed by atoms with Gasteiger partial charge >= 0.3 is 5.97 Å². The number of methoxy groups -OCH3 is 2. The molecular weight excluding hydrogens is 838 g/mol. The van der Waals surface area contributed by atoms with Crippen LogP contribution in [0.2, 0.25) is 0 Å². The third-order valence-electron chi connectivity index (χ3n) is 13.7. The number of ether oxygens (including phenoxy) is 9. The number of aliphatic hydroxyl groups is 7. The van der Waals surface area contributed by atoms with E-state index in [1.54, 1.807) is 58.8 Å². The first-order valence-electron chi connectivity index (χ1n) is 23.0. The predicted molar refractivity (Wildman–Crippen MR) is 232 cm³/mol. The molecule has 0 aromatic rings. The van der Waals surface area contributed by atoms with Crippen molar-refractivity contribution >= 4 is 5.97 Å². The Balaban J connectivity index is 1.61. The first kappa shape index (κ1) is 54.9. The summed E-state index contributed by atoms with van der Waals surface area (Å²) in [6.07, 6.45) is -8.71. The molecule has 0 aliphatic carbocycles. The van der Waals surface area contributed by atoms with Gasteiger partial charge in [0.05, 0.1) is 61.3 Å². The van der Waals surface area contributed by atoms with Gasteiger partial charge in [-0.2, -0.15) is 0 Å². The Hall–Kier alpha value is -1.69. The van der Waals surface area contributed by atoms with Crippen LogP contribution in [0, 0.1) is 23.7 Å². The van der Waals surface area contributed by atoms with Gasteiger partial charge in [-0.15, -0.1) is 0 Å². The van der Waals surface area contributed by atoms with Crippen molar-refractivity contribution in [2.45, 2.75) is 197 Å². The Morgan fingerprint density at radius 3 is 2.11 bits per heavy atom. The van der Waals surface area contributed by atoms with Crippen molar-refractivity contribution in [2.75, 3.05) is 41.5 Å². The number of rotatable bonds is 13. The molecule has 0 saturated carbocycles. The molecule has 0 bridgehead atoms. The van der Waals surface area contributed by atoms with E-state index in [1.165, 1.54) is 21.1 Å². The average molecular weight is 920 g/mol. The van der Waals surface area contributed by atoms with Gasteiger partial charge in [0.2, 0.25) is 0 Å². The summed E-state index contributed by atoms with van der Waals surface area (Å²) < 4.78 is 54.9. The van der Waals surface area contributed by atoms with Crippen LogP contribution in [0.4, 0.5) is 0 Å². The zero-order valence-electron chi connectivity index (χ0n) is 40.0. The van der Waals surface area contributed by atoms with Crippen molar-refractivity contribution in [3.05, 3.63) is 23.8 Å². The minimum Gasteiger partial charge on any atom is -0.462 e. The minimum atomic E-state index is -1.48. The molecule has 4 aliphatic rings. The maximum atomic E-state index is 13.8. The summed E-state index contributed by atoms with van der Waals surface area (Å²) >= 11 is 0. The average Bonchev–Trinajstić information content (AvgIpc) is 3.23. The lowest BCUT2D eigenvalue weighted by molar-refractivity contribution is -0.342. The summed E-state index contributed by atoms with van der Waals surface area (Å²) in [5.41, 5.74) is -0.715. The van der Waals surface area contributed by atoms with Crippen LogP contribution in [0.5, 0.6) is 0 Å². The molecule has 4 heterocycles. The summed E-state index contributed by atoms with van der Waals surface area (Å²) in [5.74, 6) is -2.80. The highest BCUT2D eigenvalue weighted by Crippen LogP contribution is 2.38. The van der Waals surface area contributed by atoms with E-state index < -0.39 is 140 Å². The molecule has 64 heavy (non-hydrogen) atoms. The maximum absolute atomic E-state index is 13.8. The number of cyclic esters (lactones) is 1. The van der Waals surface area contributed by atoms with Gasteiger partial charge in [-0.3, -0.25) is 4.79 Å². The van der Waals surface area contributed by atoms with E-state index in [1.807, 2.05) is 26.8 Å². The van der Waals surface area contributed by atoms with Gasteiger partial charge in [0.1, 0.15) is 42.7 Å². The molecule has 0 spiro atoms. The summed E-state index contributed by atoms with van der Waals surface area (Å²) in [5, 5.41) is 77.7. The first-order chi connectivity index (χ1) is 30.1. The zero-order chi connectivity index (χ0) is 47.8. The van der Waals surface area contributed by atoms with E-state index in [2.05, 4.69) is 0 Å². The Bertz CT molecular complexity index is 1480. The molecule has 7 N–H and O–H groups in total. The highest BCUT2D eigenvalue weighted by Gasteiger charge is 2.52. The predicted octanol–water partition coefficient (Wildman–Crippen LogP) is 1.42. The molecule has 3 saturated heterocycles. The van der Waals surface area contributed by atoms with Crippen molar-refractivity contribution in [2.24, 2.45) is 23.7 Å². The lowest BCUT2D eigenvalue weighted by Gasteiger charge is -2.50. The van der Waals surface area contributed by atoms with Crippen molar-refractivity contribution in [1.82, 2.24) is 4.90 Å². The van der Waals surface area contributed by atoms with E-state index in [-0.39, 0.29) is 32.0 Å². The Morgan fingerprint density at radius 1 is 0.859 bits per heavy atom. The molecular formula is C46H81NO17. The molecule has 0 amide bonds. The number of hydrogen-bond donors (Lipinski definition) is 7. The Kier molecular flexibility index (Phi) is 21.1. The highest BCUT2D eigenvalue weighted by molar-refractivity contribution is 5.70. The second-order valence-electron chi connectivity index (χ2n) is 19.0. The lowest BCUT2D eigenvalue weighted by Crippen LogP contribution is -2.65. The van der Waals surface area contributed by atoms with Crippen molar-refractivity contribution in [3.8, 4) is 0 Å². The van der Waals surface area contributed by atoms with E-state index in [9.17, 15) is 40.5 Å². The highest BCUT2D eigenvalue weighted by atomic mass is 16.7. The second kappa shape index (κ2) is 24.5. The molecule has 18 heteroatoms. The van der Waals surface area contributed by atoms with E-state index >= 15 is 0 Å². The third-order valence-corrected chi connectivity index (χ3v) is 13.7. The first-order valence-corrected chi connectivity index (χ1v) is 23.0. The third kappa shape index (κ3) is 13.7. The number of carbonyl (C=O) groups excluding carboxylic acids is 1. The van der Waals surface area contributed by atoms with Crippen LogP contribution in [-0.2, 0) is 47.4 Å². The molecule has 0 aromatic heterocycles. The largest absolute Gasteiger partial charge is 0.462 e. The van der Waals surface area contributed by atoms with E-state index in [4.69, 9.17) is 42.6 Å². The standard InChI is InChI=1S/C46H81NO17/c1-13-33-30(22-58-45-42(57-12)41(56-11)37(52)26(5)60-45)18-23(2)14-15-31(49)24(3)19-29(16-17-48)39(25(4)32(50)20-34(51)62-33)64-44-38(53)36(47(9)10)40(27(6)61-44)63-35-21-46(8,55)43(54)28(7)59-35/h14-15,18,24-33,35-45,48-50,52-55H,13,16-17,19-22H2,1-12H3/b15-14+,23-18+/t24-,25+,26?,27?,28?,29+,30-,31?,32-,33-,35?,36?,37?,38?,39-,40?,41?,42?,43?,44?,45?,46?/m1/s1. The SMILES string of the molecule is CC[C@H]1OC(=O)C[C@@H](O)[C@H](C)[C@@H](OC2OC(C)C(OC3CC(C)(O)C(O)C(C)O3)C(N(C)C)C2O)[C@@H](CCO)C[C@@H](C)C(O)/C=C/C(C)=C/[C@@H]1COC1OC(C)C(O)C(OC)C1OC. The quantitative estimate of drug-likeness (QED) is 0.129. The number of aliphatic hydroxyl groups excluding tert-OH is 6. The maximum Gasteiger partial charge on any atom is 0.308 e. The van der Waals surface area contributed by atoms with Crippen LogP contribution in [0.3, 0.4) is 0 Å². The number of nitrogens with zero attached hydrogens (tertiary/aromatic N) is 1. The molecule has 4 rings (SSSR count). The van der Waals surface area contributed by atoms with E-state index in [0.29, 0.717) is 12.8 Å². The van der Waals surface area contributed by atoms with Crippen LogP contribution < -0.4 is 0 Å². The summed E-state index contributed by atoms with van der Waals surface area (Å²) in [6, 6.07) is -0.714. The van der Waals surface area contributed by atoms with E-state index in [0.717, 1.165) is 5.57 Å². The fourth-order valence-corrected chi connectivity index (χ4v) is 9.71. The number of esters is 1. The van der Waals surface area contributed by atoms with Gasteiger partial charge < -0.3 is 83.3 Å². The fourth-order valence-electron chi connectivity index (χ4n) is 9.71. The second-order valence-corrected chi connectivity index (χ2v) is 19.0. The van der Waals surface area contributed by atoms with Crippen LogP contribution in [0.25, 0.3) is 0 Å². The summed E-state index contributed by atoms with van der Waals surface area (Å²) in [7, 11) is 6.50. The number of hydrogen-bond acceptors (Lipinski definition) is 18. The monoisotopic (exact) mass is 920 g/mol. The number of likely N-dealkylation sites (N-methyl/N-ethyl adjacent to an activating group) is 1. The van der Waals surface area contributed by atoms with Crippen molar-refractivity contribution in [3.63, 3.8) is 0 Å². The molecule has 372 valence electrons. The normalized spacial score (nSPS) is 47.2. The van der Waals surface area contributed by atoms with Gasteiger partial charge in [0.15, 0.2) is 18.9 Å². The molecule has 3 fully saturated rings. The van der Waals surface area contributed by atoms with Gasteiger partial charge in [-0.05, 0) is 79.8 Å². The van der Waals surface area contributed by atoms with Crippen molar-refractivity contribution < 1.29 is 83.2 Å². The number of allylic oxidation sites excluding steroid dienone is 2. The molecule has 18 nitrogen and oxygen atoms in total. The molecule has 0 aromatic carbocycles. The minimum absolute atomic E-state index is 0.0201. The van der Waals surface area contributed by atoms with Gasteiger partial charge in [-0.1, -0.05) is 44.6 Å². The zero-order valence-corrected chi connectivity index (χ0v) is 40.0. The van der Waals surface area contributed by atoms with Crippen LogP contribution >= 0.6 is 0 Å². The van der Waals surface area contributed by atoms with Crippen LogP contribution in [0.1, 0.15) is 87.5 Å². The molecule has 15 unspecified atom stereocenters. The summed E-state index contributed by atoms with van der Waals surface area (Å²) in [6.45, 7) is 13.8. The smallest absolute Gasteiger partial charge is 0.308 e. The van der Waals surface area contributed by atoms with Crippen LogP contribution in [-0.4, -0.2) is 198 Å². The Labute approximate surface area is 379 Å². The summed E-state index contributed by atoms with van der Waals surface area (Å²) in [4.78, 5) is 15.6. The van der Waals surface area contributed by atoms with Gasteiger partial charge in [0.25, 0.3) is 0 Å². The number of carbonyl (C=O) groups is 1. The lowest BCUT2D eigenvalue weighted by atomic mass is 9.79. The van der Waals surface area contributed by atoms with Gasteiger partial charge in [-0.25, -0.2) is 0 Å². The molecule has 0 radical (unpaired) electrons. The fraction of sp³-hybridized carbons (Fsp3) is 0.891. The van der Waals surface area contributed by atoms with Gasteiger partial charge in [0, 0.05) is 39.1 Å².